The lowest BCUT2D eigenvalue weighted by Crippen LogP contribution is -2.54. The molecule has 0 unspecified atom stereocenters. The van der Waals surface area contributed by atoms with Gasteiger partial charge in [-0.1, -0.05) is 18.2 Å². The number of β-amino-alcohol motifs (C(OH)–C–C–N with tert-alkyl or cyclic N) is 1. The van der Waals surface area contributed by atoms with Crippen LogP contribution in [0.2, 0.25) is 0 Å². The van der Waals surface area contributed by atoms with Gasteiger partial charge >= 0.3 is 0 Å². The second kappa shape index (κ2) is 8.21. The van der Waals surface area contributed by atoms with Crippen LogP contribution < -0.4 is 10.9 Å². The number of nitrogens with one attached hydrogen (secondary N) is 2. The molecular formula is C22H25N3O4. The minimum absolute atomic E-state index is 0.105. The highest BCUT2D eigenvalue weighted by Crippen LogP contribution is 2.20. The number of carbonyl (C=O) groups is 2. The first-order valence-electron chi connectivity index (χ1n) is 10.1. The molecule has 2 atom stereocenters. The maximum absolute atomic E-state index is 13.0. The van der Waals surface area contributed by atoms with E-state index < -0.39 is 12.0 Å². The molecule has 1 aromatic carbocycles. The molecule has 2 aromatic rings. The fourth-order valence-electron chi connectivity index (χ4n) is 4.21. The molecule has 0 radical (unpaired) electrons. The molecule has 7 heteroatoms. The van der Waals surface area contributed by atoms with Gasteiger partial charge in [0.1, 0.15) is 5.56 Å². The minimum Gasteiger partial charge on any atom is -0.391 e. The van der Waals surface area contributed by atoms with E-state index in [0.29, 0.717) is 12.0 Å². The first-order valence-corrected chi connectivity index (χ1v) is 10.1. The number of aliphatic hydroxyl groups is 1. The molecule has 2 aliphatic rings. The van der Waals surface area contributed by atoms with Crippen LogP contribution in [0.25, 0.3) is 0 Å². The van der Waals surface area contributed by atoms with Crippen LogP contribution in [0.15, 0.2) is 41.2 Å². The summed E-state index contributed by atoms with van der Waals surface area (Å²) in [5.74, 6) is -0.652. The molecule has 1 aliphatic heterocycles. The molecule has 4 rings (SSSR count). The standard InChI is InChI=1S/C22H25N3O4/c26-17-11-16(23-20(27)14-6-2-1-3-7-14)12-25(13-17)22(29)18-10-15-8-4-5-9-19(15)24-21(18)28/h1-3,6-7,10,16-17,26H,4-5,8-9,11-13H2,(H,23,27)(H,24,28)/t16-,17+/m0/s1. The molecule has 2 heterocycles. The molecular weight excluding hydrogens is 370 g/mol. The van der Waals surface area contributed by atoms with Crippen LogP contribution in [0.3, 0.4) is 0 Å². The van der Waals surface area contributed by atoms with Gasteiger partial charge in [0.05, 0.1) is 6.10 Å². The highest BCUT2D eigenvalue weighted by atomic mass is 16.3. The molecule has 0 bridgehead atoms. The van der Waals surface area contributed by atoms with E-state index in [1.54, 1.807) is 30.3 Å². The number of aryl methyl sites for hydroxylation is 2. The minimum atomic E-state index is -0.759. The summed E-state index contributed by atoms with van der Waals surface area (Å²) in [5, 5.41) is 13.1. The number of aromatic amines is 1. The van der Waals surface area contributed by atoms with Crippen molar-refractivity contribution in [3.05, 3.63) is 69.1 Å². The van der Waals surface area contributed by atoms with Crippen molar-refractivity contribution in [3.8, 4) is 0 Å². The Morgan fingerprint density at radius 2 is 1.86 bits per heavy atom. The molecule has 1 aromatic heterocycles. The van der Waals surface area contributed by atoms with Crippen molar-refractivity contribution < 1.29 is 14.7 Å². The van der Waals surface area contributed by atoms with Crippen LogP contribution in [0.1, 0.15) is 51.2 Å². The summed E-state index contributed by atoms with van der Waals surface area (Å²) >= 11 is 0. The number of pyridine rings is 1. The number of hydrogen-bond acceptors (Lipinski definition) is 4. The zero-order chi connectivity index (χ0) is 20.4. The van der Waals surface area contributed by atoms with Crippen molar-refractivity contribution in [3.63, 3.8) is 0 Å². The number of nitrogens with zero attached hydrogens (tertiary/aromatic N) is 1. The van der Waals surface area contributed by atoms with Crippen molar-refractivity contribution in [1.29, 1.82) is 0 Å². The lowest BCUT2D eigenvalue weighted by Gasteiger charge is -2.36. The highest BCUT2D eigenvalue weighted by Gasteiger charge is 2.32. The zero-order valence-electron chi connectivity index (χ0n) is 16.2. The lowest BCUT2D eigenvalue weighted by molar-refractivity contribution is 0.0369. The molecule has 0 spiro atoms. The van der Waals surface area contributed by atoms with Gasteiger partial charge in [-0.25, -0.2) is 0 Å². The average Bonchev–Trinajstić information content (AvgIpc) is 2.73. The van der Waals surface area contributed by atoms with Gasteiger partial charge in [-0.15, -0.1) is 0 Å². The number of rotatable bonds is 3. The van der Waals surface area contributed by atoms with Gasteiger partial charge in [-0.2, -0.15) is 0 Å². The number of benzene rings is 1. The molecule has 1 saturated heterocycles. The first-order chi connectivity index (χ1) is 14.0. The Morgan fingerprint density at radius 3 is 2.66 bits per heavy atom. The van der Waals surface area contributed by atoms with E-state index in [1.807, 2.05) is 6.07 Å². The van der Waals surface area contributed by atoms with Crippen LogP contribution in [0, 0.1) is 0 Å². The van der Waals surface area contributed by atoms with Gasteiger partial charge in [0.2, 0.25) is 0 Å². The van der Waals surface area contributed by atoms with Crippen molar-refractivity contribution in [2.75, 3.05) is 13.1 Å². The highest BCUT2D eigenvalue weighted by molar-refractivity contribution is 5.95. The summed E-state index contributed by atoms with van der Waals surface area (Å²) in [6, 6.07) is 10.1. The molecule has 29 heavy (non-hydrogen) atoms. The van der Waals surface area contributed by atoms with E-state index in [4.69, 9.17) is 0 Å². The monoisotopic (exact) mass is 395 g/mol. The quantitative estimate of drug-likeness (QED) is 0.728. The van der Waals surface area contributed by atoms with E-state index in [-0.39, 0.29) is 36.2 Å². The molecule has 1 fully saturated rings. The number of likely N-dealkylation sites (tertiary alicyclic amines) is 1. The van der Waals surface area contributed by atoms with Gasteiger partial charge in [0.25, 0.3) is 17.4 Å². The number of aromatic nitrogens is 1. The fourth-order valence-corrected chi connectivity index (χ4v) is 4.21. The molecule has 2 amide bonds. The van der Waals surface area contributed by atoms with E-state index in [2.05, 4.69) is 10.3 Å². The van der Waals surface area contributed by atoms with Crippen molar-refractivity contribution in [1.82, 2.24) is 15.2 Å². The fraction of sp³-hybridized carbons (Fsp3) is 0.409. The smallest absolute Gasteiger partial charge is 0.261 e. The number of hydrogen-bond donors (Lipinski definition) is 3. The molecule has 0 saturated carbocycles. The van der Waals surface area contributed by atoms with Crippen molar-refractivity contribution in [2.45, 2.75) is 44.2 Å². The average molecular weight is 395 g/mol. The summed E-state index contributed by atoms with van der Waals surface area (Å²) in [6.45, 7) is 0.401. The van der Waals surface area contributed by atoms with Crippen LogP contribution in [-0.4, -0.2) is 52.0 Å². The molecule has 7 nitrogen and oxygen atoms in total. The van der Waals surface area contributed by atoms with Crippen molar-refractivity contribution >= 4 is 11.8 Å². The Labute approximate surface area is 168 Å². The Hall–Kier alpha value is -2.93. The van der Waals surface area contributed by atoms with Gasteiger partial charge in [-0.3, -0.25) is 14.4 Å². The summed E-state index contributed by atoms with van der Waals surface area (Å²) in [6.07, 6.45) is 3.37. The Bertz CT molecular complexity index is 970. The Kier molecular flexibility index (Phi) is 5.49. The number of aliphatic hydroxyl groups excluding tert-OH is 1. The van der Waals surface area contributed by atoms with Crippen LogP contribution >= 0.6 is 0 Å². The van der Waals surface area contributed by atoms with Gasteiger partial charge in [-0.05, 0) is 55.9 Å². The van der Waals surface area contributed by atoms with Crippen LogP contribution in [-0.2, 0) is 12.8 Å². The van der Waals surface area contributed by atoms with E-state index in [1.165, 1.54) is 4.90 Å². The normalized spacial score (nSPS) is 21.3. The molecule has 152 valence electrons. The van der Waals surface area contributed by atoms with Crippen LogP contribution in [0.5, 0.6) is 0 Å². The first kappa shape index (κ1) is 19.4. The Morgan fingerprint density at radius 1 is 1.10 bits per heavy atom. The third kappa shape index (κ3) is 4.24. The molecule has 1 aliphatic carbocycles. The number of carbonyl (C=O) groups excluding carboxylic acids is 2. The third-order valence-electron chi connectivity index (χ3n) is 5.66. The number of amides is 2. The topological polar surface area (TPSA) is 102 Å². The second-order valence-corrected chi connectivity index (χ2v) is 7.86. The summed E-state index contributed by atoms with van der Waals surface area (Å²) in [5.41, 5.74) is 2.18. The summed E-state index contributed by atoms with van der Waals surface area (Å²) < 4.78 is 0. The predicted octanol–water partition coefficient (Wildman–Crippen LogP) is 1.26. The van der Waals surface area contributed by atoms with Crippen molar-refractivity contribution in [2.24, 2.45) is 0 Å². The largest absolute Gasteiger partial charge is 0.391 e. The van der Waals surface area contributed by atoms with E-state index in [9.17, 15) is 19.5 Å². The maximum Gasteiger partial charge on any atom is 0.261 e. The zero-order valence-corrected chi connectivity index (χ0v) is 16.2. The Balaban J connectivity index is 1.50. The number of H-pyrrole nitrogens is 1. The van der Waals surface area contributed by atoms with Gasteiger partial charge in [0.15, 0.2) is 0 Å². The lowest BCUT2D eigenvalue weighted by atomic mass is 9.94. The maximum atomic E-state index is 13.0. The number of fused-ring (bicyclic) bond motifs is 1. The van der Waals surface area contributed by atoms with Gasteiger partial charge in [0, 0.05) is 30.4 Å². The van der Waals surface area contributed by atoms with Crippen LogP contribution in [0.4, 0.5) is 0 Å². The summed E-state index contributed by atoms with van der Waals surface area (Å²) in [7, 11) is 0. The molecule has 3 N–H and O–H groups in total. The van der Waals surface area contributed by atoms with E-state index in [0.717, 1.165) is 36.9 Å². The predicted molar refractivity (Wildman–Crippen MR) is 108 cm³/mol. The SMILES string of the molecule is O=C(N[C@H]1C[C@@H](O)CN(C(=O)c2cc3c([nH]c2=O)CCCC3)C1)c1ccccc1. The third-order valence-corrected chi connectivity index (χ3v) is 5.66. The van der Waals surface area contributed by atoms with E-state index >= 15 is 0 Å². The van der Waals surface area contributed by atoms with Gasteiger partial charge < -0.3 is 20.3 Å². The number of piperidine rings is 1. The second-order valence-electron chi connectivity index (χ2n) is 7.86. The summed E-state index contributed by atoms with van der Waals surface area (Å²) in [4.78, 5) is 42.3.